The Hall–Kier alpha value is -2.12. The SMILES string of the molecule is Cn1ccnc1C(NCC(O)C(N)=O)c1ccco1. The van der Waals surface area contributed by atoms with Gasteiger partial charge < -0.3 is 19.8 Å². The number of carbonyl (C=O) groups is 1. The van der Waals surface area contributed by atoms with Crippen LogP contribution < -0.4 is 11.1 Å². The maximum Gasteiger partial charge on any atom is 0.247 e. The van der Waals surface area contributed by atoms with E-state index in [1.165, 1.54) is 0 Å². The number of amides is 1. The van der Waals surface area contributed by atoms with Crippen molar-refractivity contribution in [3.63, 3.8) is 0 Å². The number of primary amides is 1. The highest BCUT2D eigenvalue weighted by Crippen LogP contribution is 2.20. The Labute approximate surface area is 110 Å². The van der Waals surface area contributed by atoms with Gasteiger partial charge in [-0.05, 0) is 12.1 Å². The molecule has 2 atom stereocenters. The molecule has 7 nitrogen and oxygen atoms in total. The molecule has 2 heterocycles. The molecular formula is C12H16N4O3. The number of aryl methyl sites for hydroxylation is 1. The molecule has 0 aliphatic carbocycles. The lowest BCUT2D eigenvalue weighted by molar-refractivity contribution is -0.125. The Balaban J connectivity index is 2.17. The van der Waals surface area contributed by atoms with Crippen molar-refractivity contribution >= 4 is 5.91 Å². The van der Waals surface area contributed by atoms with Crippen LogP contribution in [0.25, 0.3) is 0 Å². The number of nitrogens with one attached hydrogen (secondary N) is 1. The number of aromatic nitrogens is 2. The second-order valence-corrected chi connectivity index (χ2v) is 4.17. The predicted octanol–water partition coefficient (Wildman–Crippen LogP) is -0.462. The highest BCUT2D eigenvalue weighted by Gasteiger charge is 2.22. The van der Waals surface area contributed by atoms with Gasteiger partial charge in [0.15, 0.2) is 0 Å². The molecule has 0 aliphatic rings. The molecule has 19 heavy (non-hydrogen) atoms. The van der Waals surface area contributed by atoms with Gasteiger partial charge in [0.25, 0.3) is 0 Å². The van der Waals surface area contributed by atoms with Gasteiger partial charge >= 0.3 is 0 Å². The van der Waals surface area contributed by atoms with Crippen molar-refractivity contribution in [2.75, 3.05) is 6.54 Å². The molecule has 0 fully saturated rings. The summed E-state index contributed by atoms with van der Waals surface area (Å²) in [5, 5.41) is 12.5. The molecule has 0 spiro atoms. The molecule has 2 rings (SSSR count). The summed E-state index contributed by atoms with van der Waals surface area (Å²) in [6.07, 6.45) is 3.77. The van der Waals surface area contributed by atoms with E-state index in [9.17, 15) is 9.90 Å². The zero-order valence-corrected chi connectivity index (χ0v) is 10.5. The molecule has 7 heteroatoms. The molecule has 0 radical (unpaired) electrons. The zero-order valence-electron chi connectivity index (χ0n) is 10.5. The topological polar surface area (TPSA) is 106 Å². The fourth-order valence-electron chi connectivity index (χ4n) is 1.76. The lowest BCUT2D eigenvalue weighted by atomic mass is 10.2. The molecule has 102 valence electrons. The minimum atomic E-state index is -1.25. The van der Waals surface area contributed by atoms with Gasteiger partial charge in [0.2, 0.25) is 5.91 Å². The van der Waals surface area contributed by atoms with Crippen molar-refractivity contribution in [1.29, 1.82) is 0 Å². The first kappa shape index (κ1) is 13.3. The van der Waals surface area contributed by atoms with E-state index in [1.807, 2.05) is 11.6 Å². The van der Waals surface area contributed by atoms with E-state index in [4.69, 9.17) is 10.2 Å². The number of hydrogen-bond acceptors (Lipinski definition) is 5. The Kier molecular flexibility index (Phi) is 3.98. The van der Waals surface area contributed by atoms with Crippen LogP contribution in [0.15, 0.2) is 35.2 Å². The highest BCUT2D eigenvalue weighted by molar-refractivity contribution is 5.78. The minimum Gasteiger partial charge on any atom is -0.467 e. The van der Waals surface area contributed by atoms with Gasteiger partial charge in [-0.15, -0.1) is 0 Å². The molecule has 2 aromatic heterocycles. The predicted molar refractivity (Wildman–Crippen MR) is 67.0 cm³/mol. The van der Waals surface area contributed by atoms with Crippen molar-refractivity contribution in [2.24, 2.45) is 12.8 Å². The summed E-state index contributed by atoms with van der Waals surface area (Å²) in [6.45, 7) is 0.0214. The number of imidazole rings is 1. The Morgan fingerprint density at radius 2 is 2.47 bits per heavy atom. The summed E-state index contributed by atoms with van der Waals surface area (Å²) in [7, 11) is 1.85. The van der Waals surface area contributed by atoms with Crippen LogP contribution in [0.1, 0.15) is 17.6 Å². The van der Waals surface area contributed by atoms with E-state index in [2.05, 4.69) is 10.3 Å². The average Bonchev–Trinajstić information content (AvgIpc) is 3.02. The maximum absolute atomic E-state index is 10.8. The van der Waals surface area contributed by atoms with Crippen molar-refractivity contribution in [1.82, 2.24) is 14.9 Å². The van der Waals surface area contributed by atoms with E-state index in [-0.39, 0.29) is 12.6 Å². The van der Waals surface area contributed by atoms with Crippen LogP contribution in [0, 0.1) is 0 Å². The number of hydrogen-bond donors (Lipinski definition) is 3. The highest BCUT2D eigenvalue weighted by atomic mass is 16.3. The lowest BCUT2D eigenvalue weighted by Gasteiger charge is -2.17. The molecule has 4 N–H and O–H groups in total. The number of carbonyl (C=O) groups excluding carboxylic acids is 1. The van der Waals surface area contributed by atoms with E-state index in [0.717, 1.165) is 0 Å². The van der Waals surface area contributed by atoms with Crippen LogP contribution in [0.4, 0.5) is 0 Å². The third kappa shape index (κ3) is 3.01. The van der Waals surface area contributed by atoms with Gasteiger partial charge in [-0.1, -0.05) is 0 Å². The summed E-state index contributed by atoms with van der Waals surface area (Å²) in [4.78, 5) is 15.1. The summed E-state index contributed by atoms with van der Waals surface area (Å²) in [6, 6.07) is 3.20. The van der Waals surface area contributed by atoms with Gasteiger partial charge in [-0.3, -0.25) is 10.1 Å². The van der Waals surface area contributed by atoms with Gasteiger partial charge in [0.1, 0.15) is 23.7 Å². The first-order valence-corrected chi connectivity index (χ1v) is 5.81. The fourth-order valence-corrected chi connectivity index (χ4v) is 1.76. The van der Waals surface area contributed by atoms with Gasteiger partial charge in [0, 0.05) is 26.0 Å². The number of aliphatic hydroxyl groups excluding tert-OH is 1. The molecule has 2 unspecified atom stereocenters. The third-order valence-corrected chi connectivity index (χ3v) is 2.79. The normalized spacial score (nSPS) is 14.2. The van der Waals surface area contributed by atoms with Crippen LogP contribution in [0.2, 0.25) is 0 Å². The summed E-state index contributed by atoms with van der Waals surface area (Å²) >= 11 is 0. The van der Waals surface area contributed by atoms with Crippen LogP contribution in [0.5, 0.6) is 0 Å². The quantitative estimate of drug-likeness (QED) is 0.654. The largest absolute Gasteiger partial charge is 0.467 e. The molecule has 0 saturated carbocycles. The van der Waals surface area contributed by atoms with E-state index < -0.39 is 12.0 Å². The summed E-state index contributed by atoms with van der Waals surface area (Å²) < 4.78 is 7.18. The molecular weight excluding hydrogens is 248 g/mol. The third-order valence-electron chi connectivity index (χ3n) is 2.79. The van der Waals surface area contributed by atoms with Crippen LogP contribution in [-0.4, -0.2) is 33.2 Å². The standard InChI is InChI=1S/C12H16N4O3/c1-16-5-4-14-12(16)10(9-3-2-6-19-9)15-7-8(17)11(13)18/h2-6,8,10,15,17H,7H2,1H3,(H2,13,18). The first-order chi connectivity index (χ1) is 9.09. The minimum absolute atomic E-state index is 0.0214. The van der Waals surface area contributed by atoms with Crippen molar-refractivity contribution in [3.8, 4) is 0 Å². The Morgan fingerprint density at radius 1 is 1.68 bits per heavy atom. The number of aliphatic hydroxyl groups is 1. The Morgan fingerprint density at radius 3 is 3.00 bits per heavy atom. The number of furan rings is 1. The van der Waals surface area contributed by atoms with E-state index in [0.29, 0.717) is 11.6 Å². The number of rotatable bonds is 6. The van der Waals surface area contributed by atoms with Crippen LogP contribution in [0.3, 0.4) is 0 Å². The van der Waals surface area contributed by atoms with Gasteiger partial charge in [0.05, 0.1) is 6.26 Å². The zero-order chi connectivity index (χ0) is 13.8. The molecule has 1 amide bonds. The van der Waals surface area contributed by atoms with E-state index in [1.54, 1.807) is 30.8 Å². The molecule has 0 aromatic carbocycles. The average molecular weight is 264 g/mol. The van der Waals surface area contributed by atoms with Crippen LogP contribution in [-0.2, 0) is 11.8 Å². The smallest absolute Gasteiger partial charge is 0.247 e. The van der Waals surface area contributed by atoms with Crippen LogP contribution >= 0.6 is 0 Å². The fraction of sp³-hybridized carbons (Fsp3) is 0.333. The molecule has 0 bridgehead atoms. The van der Waals surface area contributed by atoms with Gasteiger partial charge in [-0.25, -0.2) is 4.98 Å². The van der Waals surface area contributed by atoms with E-state index >= 15 is 0 Å². The molecule has 0 saturated heterocycles. The number of nitrogens with zero attached hydrogens (tertiary/aromatic N) is 2. The molecule has 2 aromatic rings. The summed E-state index contributed by atoms with van der Waals surface area (Å²) in [5.74, 6) is 0.586. The van der Waals surface area contributed by atoms with Crippen molar-refractivity contribution in [2.45, 2.75) is 12.1 Å². The van der Waals surface area contributed by atoms with Crippen molar-refractivity contribution in [3.05, 3.63) is 42.4 Å². The van der Waals surface area contributed by atoms with Crippen molar-refractivity contribution < 1.29 is 14.3 Å². The van der Waals surface area contributed by atoms with Gasteiger partial charge in [-0.2, -0.15) is 0 Å². The number of nitrogens with two attached hydrogens (primary N) is 1. The first-order valence-electron chi connectivity index (χ1n) is 5.81. The maximum atomic E-state index is 10.8. The molecule has 0 aliphatic heterocycles. The lowest BCUT2D eigenvalue weighted by Crippen LogP contribution is -2.39. The monoisotopic (exact) mass is 264 g/mol. The summed E-state index contributed by atoms with van der Waals surface area (Å²) in [5.41, 5.74) is 5.02. The second-order valence-electron chi connectivity index (χ2n) is 4.17. The second kappa shape index (κ2) is 5.68. The Bertz CT molecular complexity index is 535.